The Morgan fingerprint density at radius 2 is 1.85 bits per heavy atom. The van der Waals surface area contributed by atoms with E-state index in [9.17, 15) is 0 Å². The predicted octanol–water partition coefficient (Wildman–Crippen LogP) is 3.36. The number of nitrogens with zero attached hydrogens (tertiary/aromatic N) is 2. The second-order valence-electron chi connectivity index (χ2n) is 4.58. The van der Waals surface area contributed by atoms with Crippen LogP contribution < -0.4 is 10.1 Å². The zero-order valence-electron chi connectivity index (χ0n) is 12.3. The lowest BCUT2D eigenvalue weighted by atomic mass is 10.2. The largest absolute Gasteiger partial charge is 0.472 e. The molecule has 0 bridgehead atoms. The Labute approximate surface area is 120 Å². The summed E-state index contributed by atoms with van der Waals surface area (Å²) in [6.45, 7) is 7.43. The van der Waals surface area contributed by atoms with Gasteiger partial charge in [0.2, 0.25) is 5.88 Å². The van der Waals surface area contributed by atoms with E-state index in [1.54, 1.807) is 0 Å². The Morgan fingerprint density at radius 3 is 2.50 bits per heavy atom. The maximum atomic E-state index is 5.86. The molecular weight excluding hydrogens is 250 g/mol. The average Bonchev–Trinajstić information content (AvgIpc) is 2.49. The van der Waals surface area contributed by atoms with Crippen molar-refractivity contribution in [1.29, 1.82) is 0 Å². The number of ether oxygens (including phenoxy) is 1. The predicted molar refractivity (Wildman–Crippen MR) is 81.1 cm³/mol. The van der Waals surface area contributed by atoms with Gasteiger partial charge >= 0.3 is 0 Å². The first-order valence-electron chi connectivity index (χ1n) is 7.02. The van der Waals surface area contributed by atoms with Crippen LogP contribution in [0.5, 0.6) is 5.88 Å². The highest BCUT2D eigenvalue weighted by Gasteiger charge is 2.11. The average molecular weight is 271 g/mol. The van der Waals surface area contributed by atoms with Crippen molar-refractivity contribution >= 4 is 5.82 Å². The minimum atomic E-state index is 0.521. The number of hydrogen-bond donors (Lipinski definition) is 1. The van der Waals surface area contributed by atoms with Crippen molar-refractivity contribution in [3.8, 4) is 5.88 Å². The van der Waals surface area contributed by atoms with Gasteiger partial charge in [-0.2, -0.15) is 4.98 Å². The fraction of sp³-hybridized carbons (Fsp3) is 0.375. The zero-order valence-corrected chi connectivity index (χ0v) is 12.3. The van der Waals surface area contributed by atoms with Crippen LogP contribution in [0.4, 0.5) is 5.82 Å². The molecule has 0 unspecified atom stereocenters. The molecule has 0 aliphatic rings. The van der Waals surface area contributed by atoms with Crippen molar-refractivity contribution < 1.29 is 4.74 Å². The van der Waals surface area contributed by atoms with Gasteiger partial charge in [0.15, 0.2) is 0 Å². The molecule has 2 aromatic rings. The lowest BCUT2D eigenvalue weighted by Gasteiger charge is -2.13. The molecule has 1 aromatic carbocycles. The van der Waals surface area contributed by atoms with Crippen LogP contribution in [0.3, 0.4) is 0 Å². The molecule has 20 heavy (non-hydrogen) atoms. The van der Waals surface area contributed by atoms with Crippen molar-refractivity contribution in [2.75, 3.05) is 11.9 Å². The van der Waals surface area contributed by atoms with Gasteiger partial charge in [0.1, 0.15) is 18.2 Å². The summed E-state index contributed by atoms with van der Waals surface area (Å²) >= 11 is 0. The van der Waals surface area contributed by atoms with Crippen LogP contribution in [0, 0.1) is 6.92 Å². The van der Waals surface area contributed by atoms with E-state index in [1.165, 1.54) is 0 Å². The van der Waals surface area contributed by atoms with Gasteiger partial charge in [-0.15, -0.1) is 0 Å². The van der Waals surface area contributed by atoms with Gasteiger partial charge in [0, 0.05) is 13.0 Å². The Bertz CT molecular complexity index is 555. The molecule has 2 rings (SSSR count). The highest BCUT2D eigenvalue weighted by molar-refractivity contribution is 5.48. The molecule has 0 spiro atoms. The molecule has 1 aromatic heterocycles. The standard InChI is InChI=1S/C16H21N3O/c1-4-14-18-15(17-5-2)12(3)16(19-14)20-11-13-9-7-6-8-10-13/h6-10H,4-5,11H2,1-3H3,(H,17,18,19). The van der Waals surface area contributed by atoms with E-state index in [1.807, 2.05) is 44.2 Å². The van der Waals surface area contributed by atoms with E-state index in [0.717, 1.165) is 35.7 Å². The van der Waals surface area contributed by atoms with Crippen LogP contribution in [-0.4, -0.2) is 16.5 Å². The molecule has 0 fully saturated rings. The molecule has 4 heteroatoms. The molecule has 0 saturated carbocycles. The summed E-state index contributed by atoms with van der Waals surface area (Å²) in [6.07, 6.45) is 0.792. The minimum absolute atomic E-state index is 0.521. The third-order valence-corrected chi connectivity index (χ3v) is 3.03. The van der Waals surface area contributed by atoms with Gasteiger partial charge in [0.25, 0.3) is 0 Å². The van der Waals surface area contributed by atoms with Gasteiger partial charge in [-0.05, 0) is 19.4 Å². The van der Waals surface area contributed by atoms with E-state index >= 15 is 0 Å². The molecular formula is C16H21N3O. The molecule has 106 valence electrons. The number of rotatable bonds is 6. The van der Waals surface area contributed by atoms with Crippen molar-refractivity contribution in [2.45, 2.75) is 33.8 Å². The SMILES string of the molecule is CCNc1nc(CC)nc(OCc2ccccc2)c1C. The van der Waals surface area contributed by atoms with Crippen molar-refractivity contribution in [3.63, 3.8) is 0 Å². The highest BCUT2D eigenvalue weighted by atomic mass is 16.5. The van der Waals surface area contributed by atoms with Crippen molar-refractivity contribution in [2.24, 2.45) is 0 Å². The van der Waals surface area contributed by atoms with Crippen molar-refractivity contribution in [1.82, 2.24) is 9.97 Å². The number of anilines is 1. The minimum Gasteiger partial charge on any atom is -0.472 e. The van der Waals surface area contributed by atoms with Gasteiger partial charge in [-0.3, -0.25) is 0 Å². The second-order valence-corrected chi connectivity index (χ2v) is 4.58. The van der Waals surface area contributed by atoms with Crippen molar-refractivity contribution in [3.05, 3.63) is 47.3 Å². The zero-order chi connectivity index (χ0) is 14.4. The molecule has 0 saturated heterocycles. The first-order chi connectivity index (χ1) is 9.74. The molecule has 0 amide bonds. The third kappa shape index (κ3) is 3.47. The van der Waals surface area contributed by atoms with E-state index < -0.39 is 0 Å². The maximum absolute atomic E-state index is 5.86. The summed E-state index contributed by atoms with van der Waals surface area (Å²) < 4.78 is 5.86. The Morgan fingerprint density at radius 1 is 1.10 bits per heavy atom. The number of aromatic nitrogens is 2. The molecule has 0 aliphatic heterocycles. The highest BCUT2D eigenvalue weighted by Crippen LogP contribution is 2.23. The Hall–Kier alpha value is -2.10. The van der Waals surface area contributed by atoms with Crippen LogP contribution >= 0.6 is 0 Å². The fourth-order valence-corrected chi connectivity index (χ4v) is 1.90. The normalized spacial score (nSPS) is 10.3. The number of aryl methyl sites for hydroxylation is 1. The first-order valence-corrected chi connectivity index (χ1v) is 7.02. The van der Waals surface area contributed by atoms with Gasteiger partial charge in [-0.25, -0.2) is 4.98 Å². The third-order valence-electron chi connectivity index (χ3n) is 3.03. The molecule has 4 nitrogen and oxygen atoms in total. The number of hydrogen-bond acceptors (Lipinski definition) is 4. The summed E-state index contributed by atoms with van der Waals surface area (Å²) in [5.74, 6) is 2.33. The quantitative estimate of drug-likeness (QED) is 0.875. The number of nitrogens with one attached hydrogen (secondary N) is 1. The summed E-state index contributed by atoms with van der Waals surface area (Å²) in [7, 11) is 0. The lowest BCUT2D eigenvalue weighted by molar-refractivity contribution is 0.290. The maximum Gasteiger partial charge on any atom is 0.222 e. The molecule has 1 N–H and O–H groups in total. The summed E-state index contributed by atoms with van der Waals surface area (Å²) in [4.78, 5) is 8.97. The summed E-state index contributed by atoms with van der Waals surface area (Å²) in [6, 6.07) is 10.1. The number of benzene rings is 1. The van der Waals surface area contributed by atoms with Crippen LogP contribution in [0.1, 0.15) is 30.8 Å². The Balaban J connectivity index is 2.19. The summed E-state index contributed by atoms with van der Waals surface area (Å²) in [5, 5.41) is 3.26. The first kappa shape index (κ1) is 14.3. The van der Waals surface area contributed by atoms with Crippen LogP contribution in [0.15, 0.2) is 30.3 Å². The summed E-state index contributed by atoms with van der Waals surface area (Å²) in [5.41, 5.74) is 2.09. The monoisotopic (exact) mass is 271 g/mol. The second kappa shape index (κ2) is 6.89. The molecule has 0 aliphatic carbocycles. The van der Waals surface area contributed by atoms with E-state index in [2.05, 4.69) is 22.2 Å². The van der Waals surface area contributed by atoms with E-state index in [0.29, 0.717) is 12.5 Å². The molecule has 0 radical (unpaired) electrons. The van der Waals surface area contributed by atoms with Crippen LogP contribution in [-0.2, 0) is 13.0 Å². The molecule has 0 atom stereocenters. The topological polar surface area (TPSA) is 47.0 Å². The van der Waals surface area contributed by atoms with Crippen LogP contribution in [0.25, 0.3) is 0 Å². The van der Waals surface area contributed by atoms with Gasteiger partial charge in [-0.1, -0.05) is 37.3 Å². The Kier molecular flexibility index (Phi) is 4.93. The fourth-order valence-electron chi connectivity index (χ4n) is 1.90. The van der Waals surface area contributed by atoms with Gasteiger partial charge in [0.05, 0.1) is 5.56 Å². The lowest BCUT2D eigenvalue weighted by Crippen LogP contribution is -2.09. The van der Waals surface area contributed by atoms with E-state index in [-0.39, 0.29) is 0 Å². The van der Waals surface area contributed by atoms with E-state index in [4.69, 9.17) is 4.74 Å². The van der Waals surface area contributed by atoms with Crippen LogP contribution in [0.2, 0.25) is 0 Å². The smallest absolute Gasteiger partial charge is 0.222 e. The van der Waals surface area contributed by atoms with Gasteiger partial charge < -0.3 is 10.1 Å². The molecule has 1 heterocycles.